The van der Waals surface area contributed by atoms with E-state index in [1.807, 2.05) is 0 Å². The highest BCUT2D eigenvalue weighted by atomic mass is 79.9. The SMILES string of the molecule is CC(=O)OCC12CC1C(OC(C)=O)CC1(C)C3=CCC(C)(C(Br)CO)CC3C(O)CC12. The number of hydrogen-bond donors (Lipinski definition) is 2. The number of halogens is 1. The van der Waals surface area contributed by atoms with Crippen LogP contribution in [0, 0.1) is 34.0 Å². The first-order chi connectivity index (χ1) is 14.5. The van der Waals surface area contributed by atoms with Gasteiger partial charge in [0.1, 0.15) is 6.10 Å². The standard InChI is InChI=1S/C24H35BrO6/c1-13(27)30-12-24-9-17(24)19(31-14(2)28)10-23(4)16-5-6-22(3,21(25)11-26)8-15(16)18(29)7-20(23)24/h5,15,17-21,26,29H,6-12H2,1-4H3. The van der Waals surface area contributed by atoms with Gasteiger partial charge in [-0.05, 0) is 48.9 Å². The van der Waals surface area contributed by atoms with Crippen LogP contribution in [0.15, 0.2) is 11.6 Å². The van der Waals surface area contributed by atoms with Crippen molar-refractivity contribution >= 4 is 27.9 Å². The van der Waals surface area contributed by atoms with E-state index in [2.05, 4.69) is 35.9 Å². The van der Waals surface area contributed by atoms with E-state index >= 15 is 0 Å². The van der Waals surface area contributed by atoms with E-state index in [1.165, 1.54) is 19.4 Å². The van der Waals surface area contributed by atoms with Gasteiger partial charge in [-0.3, -0.25) is 9.59 Å². The van der Waals surface area contributed by atoms with Gasteiger partial charge in [0.2, 0.25) is 0 Å². The van der Waals surface area contributed by atoms with Gasteiger partial charge in [-0.15, -0.1) is 0 Å². The molecule has 0 aromatic heterocycles. The van der Waals surface area contributed by atoms with E-state index in [0.29, 0.717) is 13.0 Å². The highest BCUT2D eigenvalue weighted by Gasteiger charge is 2.73. The van der Waals surface area contributed by atoms with E-state index in [0.717, 1.165) is 25.7 Å². The number of ether oxygens (including phenoxy) is 2. The predicted octanol–water partition coefficient (Wildman–Crippen LogP) is 3.38. The summed E-state index contributed by atoms with van der Waals surface area (Å²) in [5.74, 6) is -0.205. The molecule has 9 unspecified atom stereocenters. The highest BCUT2D eigenvalue weighted by Crippen LogP contribution is 2.74. The minimum absolute atomic E-state index is 0.0191. The summed E-state index contributed by atoms with van der Waals surface area (Å²) in [7, 11) is 0. The maximum absolute atomic E-state index is 11.8. The summed E-state index contributed by atoms with van der Waals surface area (Å²) in [6.45, 7) is 7.68. The van der Waals surface area contributed by atoms with Gasteiger partial charge >= 0.3 is 11.9 Å². The predicted molar refractivity (Wildman–Crippen MR) is 118 cm³/mol. The minimum Gasteiger partial charge on any atom is -0.465 e. The molecule has 0 aromatic rings. The van der Waals surface area contributed by atoms with Crippen LogP contribution in [-0.4, -0.2) is 52.4 Å². The van der Waals surface area contributed by atoms with Crippen LogP contribution in [0.1, 0.15) is 59.8 Å². The number of carbonyl (C=O) groups is 2. The number of rotatable bonds is 5. The Labute approximate surface area is 192 Å². The van der Waals surface area contributed by atoms with Gasteiger partial charge < -0.3 is 19.7 Å². The van der Waals surface area contributed by atoms with Crippen LogP contribution in [0.2, 0.25) is 0 Å². The Balaban J connectivity index is 1.71. The second-order valence-corrected chi connectivity index (χ2v) is 12.0. The summed E-state index contributed by atoms with van der Waals surface area (Å²) >= 11 is 3.64. The monoisotopic (exact) mass is 498 g/mol. The van der Waals surface area contributed by atoms with Crippen molar-refractivity contribution in [3.63, 3.8) is 0 Å². The topological polar surface area (TPSA) is 93.1 Å². The van der Waals surface area contributed by atoms with Gasteiger partial charge in [-0.25, -0.2) is 0 Å². The summed E-state index contributed by atoms with van der Waals surface area (Å²) in [6.07, 6.45) is 5.50. The maximum Gasteiger partial charge on any atom is 0.302 e. The second kappa shape index (κ2) is 7.84. The van der Waals surface area contributed by atoms with E-state index in [-0.39, 0.29) is 63.5 Å². The summed E-state index contributed by atoms with van der Waals surface area (Å²) in [5, 5.41) is 21.0. The first-order valence-electron chi connectivity index (χ1n) is 11.4. The lowest BCUT2D eigenvalue weighted by Crippen LogP contribution is -2.56. The average molecular weight is 499 g/mol. The molecule has 0 heterocycles. The van der Waals surface area contributed by atoms with Crippen molar-refractivity contribution in [2.24, 2.45) is 34.0 Å². The van der Waals surface area contributed by atoms with Gasteiger partial charge in [0.15, 0.2) is 0 Å². The van der Waals surface area contributed by atoms with E-state index in [4.69, 9.17) is 9.47 Å². The number of aliphatic hydroxyl groups excluding tert-OH is 2. The van der Waals surface area contributed by atoms with Crippen LogP contribution in [0.4, 0.5) is 0 Å². The average Bonchev–Trinajstić information content (AvgIpc) is 3.43. The van der Waals surface area contributed by atoms with Crippen LogP contribution >= 0.6 is 15.9 Å². The Bertz CT molecular complexity index is 797. The van der Waals surface area contributed by atoms with E-state index < -0.39 is 6.10 Å². The Kier molecular flexibility index (Phi) is 5.88. The Morgan fingerprint density at radius 2 is 1.94 bits per heavy atom. The van der Waals surface area contributed by atoms with Crippen molar-refractivity contribution in [3.05, 3.63) is 11.6 Å². The zero-order valence-corrected chi connectivity index (χ0v) is 20.5. The van der Waals surface area contributed by atoms with Crippen molar-refractivity contribution < 1.29 is 29.3 Å². The molecule has 0 amide bonds. The third-order valence-corrected chi connectivity index (χ3v) is 10.4. The molecule has 0 bridgehead atoms. The number of esters is 2. The zero-order chi connectivity index (χ0) is 22.8. The molecular formula is C24H35BrO6. The summed E-state index contributed by atoms with van der Waals surface area (Å²) in [4.78, 5) is 23.4. The zero-order valence-electron chi connectivity index (χ0n) is 18.9. The second-order valence-electron chi connectivity index (χ2n) is 10.9. The number of carbonyl (C=O) groups excluding carboxylic acids is 2. The van der Waals surface area contributed by atoms with Gasteiger partial charge in [0.05, 0.1) is 19.3 Å². The Morgan fingerprint density at radius 1 is 1.23 bits per heavy atom. The molecule has 0 aliphatic heterocycles. The van der Waals surface area contributed by atoms with Crippen molar-refractivity contribution in [2.45, 2.75) is 76.8 Å². The molecule has 4 rings (SSSR count). The van der Waals surface area contributed by atoms with Crippen molar-refractivity contribution in [1.29, 1.82) is 0 Å². The molecule has 0 radical (unpaired) electrons. The maximum atomic E-state index is 11.8. The summed E-state index contributed by atoms with van der Waals surface area (Å²) in [5.41, 5.74) is 0.666. The smallest absolute Gasteiger partial charge is 0.302 e. The van der Waals surface area contributed by atoms with Gasteiger partial charge in [0, 0.05) is 35.9 Å². The number of allylic oxidation sites excluding steroid dienone is 1. The fourth-order valence-corrected chi connectivity index (χ4v) is 7.69. The third kappa shape index (κ3) is 3.68. The van der Waals surface area contributed by atoms with Crippen molar-refractivity contribution in [2.75, 3.05) is 13.2 Å². The molecule has 174 valence electrons. The third-order valence-electron chi connectivity index (χ3n) is 8.97. The molecule has 4 aliphatic carbocycles. The number of alkyl halides is 1. The lowest BCUT2D eigenvalue weighted by Gasteiger charge is -2.58. The highest BCUT2D eigenvalue weighted by molar-refractivity contribution is 9.09. The van der Waals surface area contributed by atoms with Gasteiger partial charge in [0.25, 0.3) is 0 Å². The number of fused-ring (bicyclic) bond motifs is 5. The molecule has 0 spiro atoms. The Hall–Kier alpha value is -0.920. The van der Waals surface area contributed by atoms with Crippen LogP contribution in [0.3, 0.4) is 0 Å². The van der Waals surface area contributed by atoms with Crippen molar-refractivity contribution in [1.82, 2.24) is 0 Å². The normalized spacial score (nSPS) is 46.5. The largest absolute Gasteiger partial charge is 0.465 e. The molecule has 31 heavy (non-hydrogen) atoms. The molecule has 6 nitrogen and oxygen atoms in total. The molecule has 3 saturated carbocycles. The summed E-state index contributed by atoms with van der Waals surface area (Å²) in [6, 6.07) is 0. The molecule has 0 aromatic carbocycles. The molecule has 4 aliphatic rings. The molecule has 0 saturated heterocycles. The molecular weight excluding hydrogens is 464 g/mol. The fraction of sp³-hybridized carbons (Fsp3) is 0.833. The van der Waals surface area contributed by atoms with E-state index in [9.17, 15) is 19.8 Å². The van der Waals surface area contributed by atoms with Crippen LogP contribution in [-0.2, 0) is 19.1 Å². The summed E-state index contributed by atoms with van der Waals surface area (Å²) < 4.78 is 11.3. The quantitative estimate of drug-likeness (QED) is 0.342. The van der Waals surface area contributed by atoms with E-state index in [1.54, 1.807) is 0 Å². The van der Waals surface area contributed by atoms with Gasteiger partial charge in [-0.1, -0.05) is 41.4 Å². The first kappa shape index (κ1) is 23.2. The molecule has 3 fully saturated rings. The number of hydrogen-bond acceptors (Lipinski definition) is 6. The van der Waals surface area contributed by atoms with Crippen LogP contribution < -0.4 is 0 Å². The number of aliphatic hydroxyl groups is 2. The molecule has 9 atom stereocenters. The van der Waals surface area contributed by atoms with Gasteiger partial charge in [-0.2, -0.15) is 0 Å². The minimum atomic E-state index is -0.469. The lowest BCUT2D eigenvalue weighted by atomic mass is 9.48. The van der Waals surface area contributed by atoms with Crippen molar-refractivity contribution in [3.8, 4) is 0 Å². The van der Waals surface area contributed by atoms with Crippen LogP contribution in [0.5, 0.6) is 0 Å². The first-order valence-corrected chi connectivity index (χ1v) is 12.3. The molecule has 2 N–H and O–H groups in total. The Morgan fingerprint density at radius 3 is 2.55 bits per heavy atom. The fourth-order valence-electron chi connectivity index (χ4n) is 7.32. The lowest BCUT2D eigenvalue weighted by molar-refractivity contribution is -0.162. The van der Waals surface area contributed by atoms with Crippen LogP contribution in [0.25, 0.3) is 0 Å². The molecule has 7 heteroatoms.